The maximum Gasteiger partial charge on any atom is 0.338 e. The average Bonchev–Trinajstić information content (AvgIpc) is 3.18. The first-order valence-electron chi connectivity index (χ1n) is 12.2. The second kappa shape index (κ2) is 10.6. The number of esters is 1. The maximum absolute atomic E-state index is 13.3. The van der Waals surface area contributed by atoms with E-state index in [-0.39, 0.29) is 35.1 Å². The molecule has 3 aromatic carbocycles. The van der Waals surface area contributed by atoms with Crippen LogP contribution in [0.4, 0.5) is 11.4 Å². The van der Waals surface area contributed by atoms with Gasteiger partial charge in [-0.1, -0.05) is 60.1 Å². The summed E-state index contributed by atoms with van der Waals surface area (Å²) in [5.41, 5.74) is 2.06. The Labute approximate surface area is 219 Å². The number of halogens is 1. The summed E-state index contributed by atoms with van der Waals surface area (Å²) in [5, 5.41) is 2.95. The minimum atomic E-state index is -0.739. The molecule has 7 nitrogen and oxygen atoms in total. The summed E-state index contributed by atoms with van der Waals surface area (Å²) in [6.45, 7) is -0.513. The molecule has 1 aliphatic carbocycles. The van der Waals surface area contributed by atoms with Crippen molar-refractivity contribution < 1.29 is 23.9 Å². The Morgan fingerprint density at radius 3 is 2.41 bits per heavy atom. The second-order valence-electron chi connectivity index (χ2n) is 9.30. The zero-order valence-electron chi connectivity index (χ0n) is 19.9. The van der Waals surface area contributed by atoms with Gasteiger partial charge in [-0.3, -0.25) is 19.3 Å². The van der Waals surface area contributed by atoms with E-state index in [1.165, 1.54) is 22.6 Å². The van der Waals surface area contributed by atoms with Crippen LogP contribution in [0.25, 0.3) is 0 Å². The van der Waals surface area contributed by atoms with Gasteiger partial charge in [-0.15, -0.1) is 0 Å². The van der Waals surface area contributed by atoms with Crippen molar-refractivity contribution in [2.45, 2.75) is 25.2 Å². The van der Waals surface area contributed by atoms with Crippen molar-refractivity contribution in [2.75, 3.05) is 16.8 Å². The molecule has 3 amide bonds. The molecule has 2 aliphatic rings. The molecule has 0 radical (unpaired) electrons. The highest BCUT2D eigenvalue weighted by molar-refractivity contribution is 6.33. The first kappa shape index (κ1) is 24.7. The number of rotatable bonds is 6. The Hall–Kier alpha value is -3.97. The first-order valence-corrected chi connectivity index (χ1v) is 12.5. The molecule has 1 saturated carbocycles. The highest BCUT2D eigenvalue weighted by Crippen LogP contribution is 2.45. The summed E-state index contributed by atoms with van der Waals surface area (Å²) in [6.07, 6.45) is 2.12. The number of benzene rings is 3. The third-order valence-corrected chi connectivity index (χ3v) is 7.35. The van der Waals surface area contributed by atoms with Gasteiger partial charge in [0.2, 0.25) is 11.8 Å². The van der Waals surface area contributed by atoms with E-state index < -0.39 is 18.5 Å². The van der Waals surface area contributed by atoms with Crippen molar-refractivity contribution in [3.8, 4) is 0 Å². The van der Waals surface area contributed by atoms with E-state index in [9.17, 15) is 19.2 Å². The van der Waals surface area contributed by atoms with Crippen LogP contribution in [0.1, 0.15) is 41.1 Å². The number of fused-ring (bicyclic) bond motifs is 1. The lowest BCUT2D eigenvalue weighted by Crippen LogP contribution is -2.31. The number of imide groups is 1. The number of anilines is 2. The molecule has 2 fully saturated rings. The molecule has 0 spiro atoms. The number of hydrogen-bond donors (Lipinski definition) is 1. The summed E-state index contributed by atoms with van der Waals surface area (Å²) in [6, 6.07) is 23.0. The fraction of sp³-hybridized carbons (Fsp3) is 0.241. The number of para-hydroxylation sites is 1. The van der Waals surface area contributed by atoms with Crippen LogP contribution in [0.5, 0.6) is 0 Å². The monoisotopic (exact) mass is 516 g/mol. The zero-order chi connectivity index (χ0) is 25.9. The SMILES string of the molecule is O=C(COC(=O)c1cccc(N2C(=O)[C@H]3C[C@@H](c4ccccc4)CC[C@H]3C2=O)c1)Nc1ccccc1Cl. The molecule has 0 bridgehead atoms. The minimum Gasteiger partial charge on any atom is -0.452 e. The molecule has 1 N–H and O–H groups in total. The van der Waals surface area contributed by atoms with Gasteiger partial charge in [-0.25, -0.2) is 4.79 Å². The van der Waals surface area contributed by atoms with Gasteiger partial charge in [0.1, 0.15) is 0 Å². The molecule has 3 atom stereocenters. The predicted octanol–water partition coefficient (Wildman–Crippen LogP) is 5.21. The highest BCUT2D eigenvalue weighted by atomic mass is 35.5. The molecule has 1 heterocycles. The van der Waals surface area contributed by atoms with E-state index >= 15 is 0 Å². The third-order valence-electron chi connectivity index (χ3n) is 7.02. The number of ether oxygens (including phenoxy) is 1. The molecule has 188 valence electrons. The molecule has 0 aromatic heterocycles. The van der Waals surface area contributed by atoms with E-state index in [4.69, 9.17) is 16.3 Å². The summed E-state index contributed by atoms with van der Waals surface area (Å²) >= 11 is 6.03. The van der Waals surface area contributed by atoms with Crippen molar-refractivity contribution in [3.63, 3.8) is 0 Å². The standard InChI is InChI=1S/C29H25ClN2O5/c30-24-11-4-5-12-25(24)31-26(33)17-37-29(36)20-9-6-10-21(15-20)32-27(34)22-14-13-19(16-23(22)28(32)35)18-7-2-1-3-8-18/h1-12,15,19,22-23H,13-14,16-17H2,(H,31,33)/t19-,22+,23-/m0/s1. The van der Waals surface area contributed by atoms with Gasteiger partial charge in [0.15, 0.2) is 6.61 Å². The number of hydrogen-bond acceptors (Lipinski definition) is 5. The van der Waals surface area contributed by atoms with Crippen LogP contribution < -0.4 is 10.2 Å². The number of carbonyl (C=O) groups is 4. The Morgan fingerprint density at radius 1 is 0.892 bits per heavy atom. The fourth-order valence-electron chi connectivity index (χ4n) is 5.20. The van der Waals surface area contributed by atoms with Gasteiger partial charge in [0.25, 0.3) is 5.91 Å². The van der Waals surface area contributed by atoms with Crippen LogP contribution in [0, 0.1) is 11.8 Å². The van der Waals surface area contributed by atoms with Gasteiger partial charge >= 0.3 is 5.97 Å². The van der Waals surface area contributed by atoms with E-state index in [1.807, 2.05) is 18.2 Å². The number of nitrogens with zero attached hydrogens (tertiary/aromatic N) is 1. The Kier molecular flexibility index (Phi) is 7.06. The molecule has 1 saturated heterocycles. The molecule has 0 unspecified atom stereocenters. The van der Waals surface area contributed by atoms with E-state index in [0.29, 0.717) is 29.2 Å². The smallest absolute Gasteiger partial charge is 0.338 e. The normalized spacial score (nSPS) is 20.9. The molecule has 8 heteroatoms. The second-order valence-corrected chi connectivity index (χ2v) is 9.71. The molecule has 5 rings (SSSR count). The molecule has 1 aliphatic heterocycles. The molecule has 37 heavy (non-hydrogen) atoms. The van der Waals surface area contributed by atoms with Gasteiger partial charge < -0.3 is 10.1 Å². The summed E-state index contributed by atoms with van der Waals surface area (Å²) < 4.78 is 5.15. The highest BCUT2D eigenvalue weighted by Gasteiger charge is 2.50. The van der Waals surface area contributed by atoms with Crippen molar-refractivity contribution in [2.24, 2.45) is 11.8 Å². The Morgan fingerprint density at radius 2 is 1.62 bits per heavy atom. The quantitative estimate of drug-likeness (QED) is 0.358. The molecule has 3 aromatic rings. The van der Waals surface area contributed by atoms with Crippen molar-refractivity contribution in [1.29, 1.82) is 0 Å². The number of nitrogens with one attached hydrogen (secondary N) is 1. The van der Waals surface area contributed by atoms with Gasteiger partial charge in [0, 0.05) is 0 Å². The summed E-state index contributed by atoms with van der Waals surface area (Å²) in [7, 11) is 0. The summed E-state index contributed by atoms with van der Waals surface area (Å²) in [4.78, 5) is 52.6. The van der Waals surface area contributed by atoms with Gasteiger partial charge in [-0.2, -0.15) is 0 Å². The van der Waals surface area contributed by atoms with E-state index in [0.717, 1.165) is 6.42 Å². The van der Waals surface area contributed by atoms with Crippen LogP contribution in [0.2, 0.25) is 5.02 Å². The van der Waals surface area contributed by atoms with Gasteiger partial charge in [-0.05, 0) is 61.1 Å². The van der Waals surface area contributed by atoms with Crippen LogP contribution in [-0.4, -0.2) is 30.3 Å². The lowest BCUT2D eigenvalue weighted by Gasteiger charge is -2.28. The largest absolute Gasteiger partial charge is 0.452 e. The van der Waals surface area contributed by atoms with Crippen LogP contribution in [0.15, 0.2) is 78.9 Å². The Bertz CT molecular complexity index is 1360. The van der Waals surface area contributed by atoms with E-state index in [2.05, 4.69) is 17.4 Å². The van der Waals surface area contributed by atoms with Crippen molar-refractivity contribution in [3.05, 3.63) is 95.0 Å². The zero-order valence-corrected chi connectivity index (χ0v) is 20.7. The Balaban J connectivity index is 1.25. The lowest BCUT2D eigenvalue weighted by molar-refractivity contribution is -0.122. The number of carbonyl (C=O) groups excluding carboxylic acids is 4. The van der Waals surface area contributed by atoms with Crippen LogP contribution in [-0.2, 0) is 19.1 Å². The average molecular weight is 517 g/mol. The number of amides is 3. The fourth-order valence-corrected chi connectivity index (χ4v) is 5.38. The van der Waals surface area contributed by atoms with Crippen molar-refractivity contribution in [1.82, 2.24) is 0 Å². The minimum absolute atomic E-state index is 0.140. The maximum atomic E-state index is 13.3. The topological polar surface area (TPSA) is 92.8 Å². The van der Waals surface area contributed by atoms with E-state index in [1.54, 1.807) is 36.4 Å². The molecular weight excluding hydrogens is 492 g/mol. The lowest BCUT2D eigenvalue weighted by atomic mass is 9.73. The molecular formula is C29H25ClN2O5. The summed E-state index contributed by atoms with van der Waals surface area (Å²) in [5.74, 6) is -2.24. The first-order chi connectivity index (χ1) is 17.9. The van der Waals surface area contributed by atoms with Crippen LogP contribution in [0.3, 0.4) is 0 Å². The third kappa shape index (κ3) is 5.13. The van der Waals surface area contributed by atoms with Crippen LogP contribution >= 0.6 is 11.6 Å². The van der Waals surface area contributed by atoms with Gasteiger partial charge in [0.05, 0.1) is 33.8 Å². The van der Waals surface area contributed by atoms with Crippen molar-refractivity contribution >= 4 is 46.7 Å². The predicted molar refractivity (Wildman–Crippen MR) is 139 cm³/mol.